The van der Waals surface area contributed by atoms with Crippen LogP contribution in [0.25, 0.3) is 0 Å². The molecule has 2 aliphatic carbocycles. The molecule has 2 aliphatic rings. The first kappa shape index (κ1) is 13.7. The number of nitrogens with one attached hydrogen (secondary N) is 1. The number of rotatable bonds is 5. The van der Waals surface area contributed by atoms with Crippen molar-refractivity contribution in [3.05, 3.63) is 0 Å². The largest absolute Gasteiger partial charge is 0.378 e. The zero-order chi connectivity index (χ0) is 13.2. The zero-order valence-corrected chi connectivity index (χ0v) is 11.9. The molecule has 4 heteroatoms. The van der Waals surface area contributed by atoms with Crippen LogP contribution in [0.2, 0.25) is 0 Å². The average molecular weight is 253 g/mol. The fraction of sp³-hybridized carbons (Fsp3) is 0.929. The molecule has 1 spiro atoms. The maximum Gasteiger partial charge on any atom is 0.188 e. The Hall–Kier alpha value is -0.770. The minimum atomic E-state index is 0.355. The number of hydrogen-bond donors (Lipinski definition) is 2. The van der Waals surface area contributed by atoms with Crippen molar-refractivity contribution in [2.45, 2.75) is 58.6 Å². The zero-order valence-electron chi connectivity index (χ0n) is 11.9. The van der Waals surface area contributed by atoms with Crippen LogP contribution in [0.4, 0.5) is 0 Å². The van der Waals surface area contributed by atoms with Crippen LogP contribution in [0.15, 0.2) is 4.99 Å². The molecule has 0 aromatic rings. The van der Waals surface area contributed by atoms with Gasteiger partial charge in [-0.25, -0.2) is 0 Å². The third-order valence-corrected chi connectivity index (χ3v) is 4.39. The van der Waals surface area contributed by atoms with E-state index in [2.05, 4.69) is 31.1 Å². The first-order valence-electron chi connectivity index (χ1n) is 7.26. The summed E-state index contributed by atoms with van der Waals surface area (Å²) in [5.41, 5.74) is 6.30. The van der Waals surface area contributed by atoms with E-state index in [0.717, 1.165) is 19.6 Å². The lowest BCUT2D eigenvalue weighted by molar-refractivity contribution is -0.168. The maximum absolute atomic E-state index is 5.95. The lowest BCUT2D eigenvalue weighted by atomic mass is 9.51. The molecule has 0 amide bonds. The monoisotopic (exact) mass is 253 g/mol. The lowest BCUT2D eigenvalue weighted by Gasteiger charge is -2.61. The minimum absolute atomic E-state index is 0.355. The highest BCUT2D eigenvalue weighted by Crippen LogP contribution is 2.57. The molecule has 2 fully saturated rings. The van der Waals surface area contributed by atoms with Gasteiger partial charge in [0.1, 0.15) is 0 Å². The summed E-state index contributed by atoms with van der Waals surface area (Å²) >= 11 is 0. The van der Waals surface area contributed by atoms with Gasteiger partial charge < -0.3 is 15.8 Å². The predicted octanol–water partition coefficient (Wildman–Crippen LogP) is 1.89. The van der Waals surface area contributed by atoms with E-state index in [0.29, 0.717) is 29.4 Å². The van der Waals surface area contributed by atoms with Gasteiger partial charge in [0.2, 0.25) is 0 Å². The fourth-order valence-corrected chi connectivity index (χ4v) is 3.15. The first-order chi connectivity index (χ1) is 8.58. The van der Waals surface area contributed by atoms with Gasteiger partial charge in [0.05, 0.1) is 6.10 Å². The van der Waals surface area contributed by atoms with E-state index < -0.39 is 0 Å². The lowest BCUT2D eigenvalue weighted by Crippen LogP contribution is -2.68. The molecule has 2 saturated carbocycles. The average Bonchev–Trinajstić information content (AvgIpc) is 2.22. The first-order valence-corrected chi connectivity index (χ1v) is 7.26. The Morgan fingerprint density at radius 1 is 1.50 bits per heavy atom. The van der Waals surface area contributed by atoms with Crippen LogP contribution in [-0.2, 0) is 4.74 Å². The van der Waals surface area contributed by atoms with Crippen LogP contribution >= 0.6 is 0 Å². The van der Waals surface area contributed by atoms with Gasteiger partial charge in [0.25, 0.3) is 0 Å². The van der Waals surface area contributed by atoms with E-state index in [1.54, 1.807) is 0 Å². The van der Waals surface area contributed by atoms with Crippen molar-refractivity contribution in [2.75, 3.05) is 13.2 Å². The molecule has 3 N–H and O–H groups in total. The van der Waals surface area contributed by atoms with E-state index in [-0.39, 0.29) is 0 Å². The maximum atomic E-state index is 5.95. The molecule has 4 nitrogen and oxygen atoms in total. The molecule has 2 atom stereocenters. The summed E-state index contributed by atoms with van der Waals surface area (Å²) in [6.45, 7) is 7.99. The van der Waals surface area contributed by atoms with Crippen LogP contribution in [0.1, 0.15) is 46.5 Å². The Labute approximate surface area is 110 Å². The van der Waals surface area contributed by atoms with Crippen LogP contribution in [0.5, 0.6) is 0 Å². The van der Waals surface area contributed by atoms with Crippen LogP contribution < -0.4 is 11.1 Å². The Morgan fingerprint density at radius 3 is 2.72 bits per heavy atom. The van der Waals surface area contributed by atoms with Gasteiger partial charge in [-0.3, -0.25) is 4.99 Å². The third kappa shape index (κ3) is 2.48. The van der Waals surface area contributed by atoms with Crippen molar-refractivity contribution in [3.8, 4) is 0 Å². The molecule has 0 aromatic carbocycles. The van der Waals surface area contributed by atoms with Crippen molar-refractivity contribution >= 4 is 5.96 Å². The summed E-state index contributed by atoms with van der Waals surface area (Å²) in [5, 5.41) is 3.40. The number of nitrogens with two attached hydrogens (primary N) is 1. The fourth-order valence-electron chi connectivity index (χ4n) is 3.15. The second-order valence-electron chi connectivity index (χ2n) is 6.08. The number of nitrogens with zero attached hydrogens (tertiary/aromatic N) is 1. The predicted molar refractivity (Wildman–Crippen MR) is 74.6 cm³/mol. The molecule has 0 aromatic heterocycles. The van der Waals surface area contributed by atoms with Crippen LogP contribution in [0.3, 0.4) is 0 Å². The smallest absolute Gasteiger partial charge is 0.188 e. The van der Waals surface area contributed by atoms with E-state index in [1.165, 1.54) is 19.3 Å². The Morgan fingerprint density at radius 2 is 2.22 bits per heavy atom. The molecule has 0 radical (unpaired) electrons. The third-order valence-electron chi connectivity index (χ3n) is 4.39. The Balaban J connectivity index is 1.86. The summed E-state index contributed by atoms with van der Waals surface area (Å²) in [7, 11) is 0. The number of guanidine groups is 1. The highest BCUT2D eigenvalue weighted by Gasteiger charge is 2.59. The molecule has 18 heavy (non-hydrogen) atoms. The van der Waals surface area contributed by atoms with Gasteiger partial charge in [0.15, 0.2) is 5.96 Å². The van der Waals surface area contributed by atoms with Gasteiger partial charge in [-0.15, -0.1) is 0 Å². The molecule has 2 unspecified atom stereocenters. The normalized spacial score (nSPS) is 30.1. The van der Waals surface area contributed by atoms with Gasteiger partial charge in [-0.2, -0.15) is 0 Å². The molecular weight excluding hydrogens is 226 g/mol. The van der Waals surface area contributed by atoms with Crippen LogP contribution in [-0.4, -0.2) is 31.3 Å². The van der Waals surface area contributed by atoms with Gasteiger partial charge in [-0.1, -0.05) is 20.3 Å². The molecule has 2 rings (SSSR count). The minimum Gasteiger partial charge on any atom is -0.378 e. The number of ether oxygens (including phenoxy) is 1. The van der Waals surface area contributed by atoms with Crippen molar-refractivity contribution in [3.63, 3.8) is 0 Å². The van der Waals surface area contributed by atoms with Gasteiger partial charge >= 0.3 is 0 Å². The summed E-state index contributed by atoms with van der Waals surface area (Å²) in [4.78, 5) is 4.38. The topological polar surface area (TPSA) is 59.6 Å². The summed E-state index contributed by atoms with van der Waals surface area (Å²) in [6, 6.07) is 0.471. The van der Waals surface area contributed by atoms with Crippen molar-refractivity contribution in [1.29, 1.82) is 0 Å². The quantitative estimate of drug-likeness (QED) is 0.581. The van der Waals surface area contributed by atoms with Crippen LogP contribution in [0, 0.1) is 11.3 Å². The second kappa shape index (κ2) is 5.47. The SMILES string of the molecule is CCOC1CC(NC(N)=NCC(C)C)C12CCC2. The standard InChI is InChI=1S/C14H27N3O/c1-4-18-12-8-11(14(12)6-5-7-14)17-13(15)16-9-10(2)3/h10-12H,4-9H2,1-3H3,(H3,15,16,17). The molecule has 0 heterocycles. The van der Waals surface area contributed by atoms with Crippen molar-refractivity contribution < 1.29 is 4.74 Å². The second-order valence-corrected chi connectivity index (χ2v) is 6.08. The molecule has 104 valence electrons. The van der Waals surface area contributed by atoms with E-state index >= 15 is 0 Å². The van der Waals surface area contributed by atoms with E-state index in [9.17, 15) is 0 Å². The number of aliphatic imine (C=N–C) groups is 1. The molecule has 0 aliphatic heterocycles. The van der Waals surface area contributed by atoms with E-state index in [1.807, 2.05) is 0 Å². The Bertz CT molecular complexity index is 310. The van der Waals surface area contributed by atoms with E-state index in [4.69, 9.17) is 10.5 Å². The molecule has 0 bridgehead atoms. The summed E-state index contributed by atoms with van der Waals surface area (Å²) < 4.78 is 5.82. The molecule has 0 saturated heterocycles. The van der Waals surface area contributed by atoms with Gasteiger partial charge in [0, 0.05) is 24.6 Å². The number of hydrogen-bond acceptors (Lipinski definition) is 2. The summed E-state index contributed by atoms with van der Waals surface area (Å²) in [6.07, 6.45) is 5.38. The highest BCUT2D eigenvalue weighted by molar-refractivity contribution is 5.78. The van der Waals surface area contributed by atoms with Crippen molar-refractivity contribution in [2.24, 2.45) is 22.1 Å². The van der Waals surface area contributed by atoms with Crippen molar-refractivity contribution in [1.82, 2.24) is 5.32 Å². The highest BCUT2D eigenvalue weighted by atomic mass is 16.5. The Kier molecular flexibility index (Phi) is 4.15. The summed E-state index contributed by atoms with van der Waals surface area (Å²) in [5.74, 6) is 1.16. The molecular formula is C14H27N3O. The van der Waals surface area contributed by atoms with Gasteiger partial charge in [-0.05, 0) is 32.1 Å².